The first kappa shape index (κ1) is 16.3. The third-order valence-electron chi connectivity index (χ3n) is 3.95. The first-order valence-corrected chi connectivity index (χ1v) is 8.84. The number of nitrogens with one attached hydrogen (secondary N) is 2. The van der Waals surface area contributed by atoms with Gasteiger partial charge in [-0.05, 0) is 33.4 Å². The summed E-state index contributed by atoms with van der Waals surface area (Å²) in [6.07, 6.45) is 4.27. The Kier molecular flexibility index (Phi) is 5.20. The molecule has 1 atom stereocenters. The summed E-state index contributed by atoms with van der Waals surface area (Å²) in [5.74, 6) is 1.80. The summed E-state index contributed by atoms with van der Waals surface area (Å²) in [5, 5.41) is 7.74. The highest BCUT2D eigenvalue weighted by Crippen LogP contribution is 2.22. The standard InChI is InChI=1S/C16H24N6S/c1-11-19-8-13(23-11)10-22(3)9-12-7-15(17-2)21-16(20-12)14-5-4-6-18-14/h7-8,14,18H,4-6,9-10H2,1-3H3,(H,17,20,21)/t14-/m1/s1. The number of thiazole rings is 1. The van der Waals surface area contributed by atoms with Crippen molar-refractivity contribution in [2.24, 2.45) is 0 Å². The van der Waals surface area contributed by atoms with E-state index in [1.807, 2.05) is 26.2 Å². The van der Waals surface area contributed by atoms with Crippen LogP contribution >= 0.6 is 11.3 Å². The summed E-state index contributed by atoms with van der Waals surface area (Å²) in [6.45, 7) is 4.78. The summed E-state index contributed by atoms with van der Waals surface area (Å²) < 4.78 is 0. The molecule has 1 aliphatic rings. The van der Waals surface area contributed by atoms with Crippen LogP contribution in [0.3, 0.4) is 0 Å². The Morgan fingerprint density at radius 2 is 2.26 bits per heavy atom. The fraction of sp³-hybridized carbons (Fsp3) is 0.562. The highest BCUT2D eigenvalue weighted by molar-refractivity contribution is 7.11. The monoisotopic (exact) mass is 332 g/mol. The van der Waals surface area contributed by atoms with E-state index in [4.69, 9.17) is 4.98 Å². The number of aryl methyl sites for hydroxylation is 1. The Morgan fingerprint density at radius 1 is 1.39 bits per heavy atom. The quantitative estimate of drug-likeness (QED) is 0.846. The molecule has 23 heavy (non-hydrogen) atoms. The number of rotatable bonds is 6. The van der Waals surface area contributed by atoms with Gasteiger partial charge < -0.3 is 10.6 Å². The largest absolute Gasteiger partial charge is 0.373 e. The Balaban J connectivity index is 1.71. The maximum atomic E-state index is 4.78. The lowest BCUT2D eigenvalue weighted by Crippen LogP contribution is -2.21. The molecule has 7 heteroatoms. The Hall–Kier alpha value is -1.57. The van der Waals surface area contributed by atoms with Crippen molar-refractivity contribution >= 4 is 17.2 Å². The van der Waals surface area contributed by atoms with E-state index in [9.17, 15) is 0 Å². The Bertz CT molecular complexity index is 650. The van der Waals surface area contributed by atoms with Crippen molar-refractivity contribution in [1.29, 1.82) is 0 Å². The molecule has 0 bridgehead atoms. The Morgan fingerprint density at radius 3 is 2.91 bits per heavy atom. The van der Waals surface area contributed by atoms with Gasteiger partial charge in [-0.3, -0.25) is 4.90 Å². The third kappa shape index (κ3) is 4.25. The van der Waals surface area contributed by atoms with Gasteiger partial charge in [-0.1, -0.05) is 0 Å². The third-order valence-corrected chi connectivity index (χ3v) is 4.85. The van der Waals surface area contributed by atoms with Gasteiger partial charge in [-0.2, -0.15) is 0 Å². The number of hydrogen-bond acceptors (Lipinski definition) is 7. The number of nitrogens with zero attached hydrogens (tertiary/aromatic N) is 4. The van der Waals surface area contributed by atoms with E-state index in [2.05, 4.69) is 32.5 Å². The lowest BCUT2D eigenvalue weighted by Gasteiger charge is -2.17. The molecular formula is C16H24N6S. The van der Waals surface area contributed by atoms with E-state index in [-0.39, 0.29) is 6.04 Å². The van der Waals surface area contributed by atoms with E-state index in [1.165, 1.54) is 11.3 Å². The van der Waals surface area contributed by atoms with Crippen LogP contribution in [0.5, 0.6) is 0 Å². The van der Waals surface area contributed by atoms with Crippen molar-refractivity contribution in [3.8, 4) is 0 Å². The van der Waals surface area contributed by atoms with Crippen LogP contribution in [0.4, 0.5) is 5.82 Å². The van der Waals surface area contributed by atoms with Crippen LogP contribution in [0.2, 0.25) is 0 Å². The summed E-state index contributed by atoms with van der Waals surface area (Å²) in [4.78, 5) is 17.3. The molecule has 3 heterocycles. The normalized spacial score (nSPS) is 17.8. The molecule has 0 unspecified atom stereocenters. The van der Waals surface area contributed by atoms with E-state index in [0.717, 1.165) is 48.4 Å². The van der Waals surface area contributed by atoms with Crippen LogP contribution in [0.25, 0.3) is 0 Å². The molecule has 0 amide bonds. The van der Waals surface area contributed by atoms with Crippen molar-refractivity contribution in [3.63, 3.8) is 0 Å². The molecule has 1 fully saturated rings. The molecule has 1 aliphatic heterocycles. The summed E-state index contributed by atoms with van der Waals surface area (Å²) in [7, 11) is 4.02. The van der Waals surface area contributed by atoms with E-state index >= 15 is 0 Å². The zero-order chi connectivity index (χ0) is 16.2. The molecule has 2 aromatic heterocycles. The Labute approximate surface area is 141 Å². The van der Waals surface area contributed by atoms with Gasteiger partial charge in [0.2, 0.25) is 0 Å². The van der Waals surface area contributed by atoms with Gasteiger partial charge in [0.15, 0.2) is 0 Å². The molecule has 0 saturated carbocycles. The van der Waals surface area contributed by atoms with Crippen molar-refractivity contribution in [2.45, 2.75) is 38.9 Å². The smallest absolute Gasteiger partial charge is 0.147 e. The first-order chi connectivity index (χ1) is 11.1. The predicted octanol–water partition coefficient (Wildman–Crippen LogP) is 2.34. The zero-order valence-corrected chi connectivity index (χ0v) is 14.8. The van der Waals surface area contributed by atoms with E-state index < -0.39 is 0 Å². The lowest BCUT2D eigenvalue weighted by atomic mass is 10.2. The predicted molar refractivity (Wildman–Crippen MR) is 93.6 cm³/mol. The molecule has 0 radical (unpaired) electrons. The van der Waals surface area contributed by atoms with Crippen molar-refractivity contribution < 1.29 is 0 Å². The lowest BCUT2D eigenvalue weighted by molar-refractivity contribution is 0.317. The highest BCUT2D eigenvalue weighted by atomic mass is 32.1. The second kappa shape index (κ2) is 7.33. The summed E-state index contributed by atoms with van der Waals surface area (Å²) >= 11 is 1.75. The molecule has 0 spiro atoms. The minimum absolute atomic E-state index is 0.288. The van der Waals surface area contributed by atoms with Crippen molar-refractivity contribution in [2.75, 3.05) is 26.0 Å². The van der Waals surface area contributed by atoms with Gasteiger partial charge in [0, 0.05) is 37.3 Å². The van der Waals surface area contributed by atoms with Gasteiger partial charge in [0.1, 0.15) is 11.6 Å². The van der Waals surface area contributed by atoms with Crippen LogP contribution in [-0.2, 0) is 13.1 Å². The zero-order valence-electron chi connectivity index (χ0n) is 14.0. The molecule has 0 aliphatic carbocycles. The number of anilines is 1. The second-order valence-corrected chi connectivity index (χ2v) is 7.34. The minimum Gasteiger partial charge on any atom is -0.373 e. The van der Waals surface area contributed by atoms with Crippen LogP contribution in [0.1, 0.15) is 40.3 Å². The molecule has 2 aromatic rings. The molecule has 1 saturated heterocycles. The maximum Gasteiger partial charge on any atom is 0.147 e. The van der Waals surface area contributed by atoms with Gasteiger partial charge in [0.25, 0.3) is 0 Å². The molecular weight excluding hydrogens is 308 g/mol. The summed E-state index contributed by atoms with van der Waals surface area (Å²) in [5.41, 5.74) is 1.05. The van der Waals surface area contributed by atoms with Crippen LogP contribution < -0.4 is 10.6 Å². The average molecular weight is 332 g/mol. The second-order valence-electron chi connectivity index (χ2n) is 6.02. The SMILES string of the molecule is CNc1cc(CN(C)Cc2cnc(C)s2)nc([C@H]2CCCN2)n1. The molecule has 6 nitrogen and oxygen atoms in total. The molecule has 2 N–H and O–H groups in total. The maximum absolute atomic E-state index is 4.78. The topological polar surface area (TPSA) is 66.0 Å². The van der Waals surface area contributed by atoms with Gasteiger partial charge in [-0.15, -0.1) is 11.3 Å². The van der Waals surface area contributed by atoms with Crippen LogP contribution in [0, 0.1) is 6.92 Å². The molecule has 0 aromatic carbocycles. The number of hydrogen-bond donors (Lipinski definition) is 2. The fourth-order valence-electron chi connectivity index (χ4n) is 2.86. The van der Waals surface area contributed by atoms with Gasteiger partial charge in [-0.25, -0.2) is 15.0 Å². The van der Waals surface area contributed by atoms with E-state index in [0.29, 0.717) is 0 Å². The number of aromatic nitrogens is 3. The van der Waals surface area contributed by atoms with Gasteiger partial charge >= 0.3 is 0 Å². The van der Waals surface area contributed by atoms with E-state index in [1.54, 1.807) is 11.3 Å². The highest BCUT2D eigenvalue weighted by Gasteiger charge is 2.20. The summed E-state index contributed by atoms with van der Waals surface area (Å²) in [6, 6.07) is 2.32. The van der Waals surface area contributed by atoms with Crippen molar-refractivity contribution in [3.05, 3.63) is 33.7 Å². The van der Waals surface area contributed by atoms with Crippen molar-refractivity contribution in [1.82, 2.24) is 25.2 Å². The molecule has 124 valence electrons. The molecule has 3 rings (SSSR count). The fourth-order valence-corrected chi connectivity index (χ4v) is 3.74. The van der Waals surface area contributed by atoms with Crippen LogP contribution in [-0.4, -0.2) is 40.5 Å². The minimum atomic E-state index is 0.288. The first-order valence-electron chi connectivity index (χ1n) is 8.03. The van der Waals surface area contributed by atoms with Gasteiger partial charge in [0.05, 0.1) is 16.7 Å². The average Bonchev–Trinajstić information content (AvgIpc) is 3.18. The van der Waals surface area contributed by atoms with Crippen LogP contribution in [0.15, 0.2) is 12.3 Å².